The highest BCUT2D eigenvalue weighted by molar-refractivity contribution is 5.74. The SMILES string of the molecule is CC(C)CNc1nc2c(cnn2C(C)(C)C)c(=O)[nH]1. The van der Waals surface area contributed by atoms with Crippen LogP contribution in [-0.2, 0) is 5.54 Å². The first-order chi connectivity index (χ1) is 8.79. The Balaban J connectivity index is 2.50. The molecule has 0 spiro atoms. The molecule has 2 aromatic rings. The summed E-state index contributed by atoms with van der Waals surface area (Å²) in [4.78, 5) is 19.2. The van der Waals surface area contributed by atoms with E-state index >= 15 is 0 Å². The number of hydrogen-bond donors (Lipinski definition) is 2. The summed E-state index contributed by atoms with van der Waals surface area (Å²) in [6, 6.07) is 0. The highest BCUT2D eigenvalue weighted by Crippen LogP contribution is 2.18. The minimum Gasteiger partial charge on any atom is -0.355 e. The van der Waals surface area contributed by atoms with Gasteiger partial charge in [-0.05, 0) is 26.7 Å². The van der Waals surface area contributed by atoms with Crippen molar-refractivity contribution in [3.8, 4) is 0 Å². The number of nitrogens with zero attached hydrogens (tertiary/aromatic N) is 3. The molecule has 19 heavy (non-hydrogen) atoms. The number of nitrogens with one attached hydrogen (secondary N) is 2. The predicted molar refractivity (Wildman–Crippen MR) is 76.5 cm³/mol. The van der Waals surface area contributed by atoms with Gasteiger partial charge in [-0.3, -0.25) is 9.78 Å². The second-order valence-corrected chi connectivity index (χ2v) is 6.15. The van der Waals surface area contributed by atoms with Crippen molar-refractivity contribution in [1.29, 1.82) is 0 Å². The number of anilines is 1. The van der Waals surface area contributed by atoms with Crippen LogP contribution in [-0.4, -0.2) is 26.3 Å². The molecule has 0 atom stereocenters. The average molecular weight is 263 g/mol. The fourth-order valence-electron chi connectivity index (χ4n) is 1.79. The molecule has 0 fully saturated rings. The van der Waals surface area contributed by atoms with Gasteiger partial charge in [0, 0.05) is 6.54 Å². The van der Waals surface area contributed by atoms with E-state index in [1.54, 1.807) is 10.9 Å². The molecule has 2 aromatic heterocycles. The second kappa shape index (κ2) is 4.68. The molecule has 2 rings (SSSR count). The Hall–Kier alpha value is -1.85. The Morgan fingerprint density at radius 3 is 2.68 bits per heavy atom. The molecule has 0 saturated heterocycles. The Morgan fingerprint density at radius 2 is 2.11 bits per heavy atom. The lowest BCUT2D eigenvalue weighted by atomic mass is 10.1. The van der Waals surface area contributed by atoms with E-state index in [9.17, 15) is 4.79 Å². The third-order valence-corrected chi connectivity index (χ3v) is 2.75. The van der Waals surface area contributed by atoms with Crippen molar-refractivity contribution >= 4 is 17.0 Å². The van der Waals surface area contributed by atoms with E-state index in [1.807, 2.05) is 20.8 Å². The Bertz CT molecular complexity index is 633. The molecule has 0 aliphatic carbocycles. The van der Waals surface area contributed by atoms with Gasteiger partial charge in [0.25, 0.3) is 5.56 Å². The molecule has 0 unspecified atom stereocenters. The van der Waals surface area contributed by atoms with Gasteiger partial charge in [-0.15, -0.1) is 0 Å². The van der Waals surface area contributed by atoms with Crippen LogP contribution in [0.2, 0.25) is 0 Å². The first kappa shape index (κ1) is 13.6. The number of hydrogen-bond acceptors (Lipinski definition) is 4. The molecule has 0 radical (unpaired) electrons. The molecule has 2 N–H and O–H groups in total. The van der Waals surface area contributed by atoms with Crippen molar-refractivity contribution in [2.75, 3.05) is 11.9 Å². The van der Waals surface area contributed by atoms with Crippen LogP contribution in [0.1, 0.15) is 34.6 Å². The van der Waals surface area contributed by atoms with E-state index in [2.05, 4.69) is 34.2 Å². The Kier molecular flexibility index (Phi) is 3.34. The van der Waals surface area contributed by atoms with Crippen LogP contribution in [0.25, 0.3) is 11.0 Å². The van der Waals surface area contributed by atoms with Crippen LogP contribution in [0, 0.1) is 5.92 Å². The highest BCUT2D eigenvalue weighted by Gasteiger charge is 2.19. The first-order valence-electron chi connectivity index (χ1n) is 6.51. The zero-order valence-electron chi connectivity index (χ0n) is 12.1. The number of aromatic amines is 1. The van der Waals surface area contributed by atoms with Gasteiger partial charge in [-0.1, -0.05) is 13.8 Å². The van der Waals surface area contributed by atoms with Crippen LogP contribution in [0.3, 0.4) is 0 Å². The van der Waals surface area contributed by atoms with Crippen LogP contribution in [0.15, 0.2) is 11.0 Å². The summed E-state index contributed by atoms with van der Waals surface area (Å²) < 4.78 is 1.78. The summed E-state index contributed by atoms with van der Waals surface area (Å²) in [7, 11) is 0. The van der Waals surface area contributed by atoms with Crippen LogP contribution in [0.5, 0.6) is 0 Å². The largest absolute Gasteiger partial charge is 0.355 e. The smallest absolute Gasteiger partial charge is 0.263 e. The third-order valence-electron chi connectivity index (χ3n) is 2.75. The molecule has 104 valence electrons. The molecule has 6 nitrogen and oxygen atoms in total. The number of rotatable bonds is 3. The molecule has 0 aliphatic heterocycles. The average Bonchev–Trinajstić information content (AvgIpc) is 2.70. The minimum absolute atomic E-state index is 0.160. The molecule has 0 aliphatic rings. The van der Waals surface area contributed by atoms with E-state index in [-0.39, 0.29) is 11.1 Å². The topological polar surface area (TPSA) is 75.6 Å². The van der Waals surface area contributed by atoms with Crippen molar-refractivity contribution in [3.63, 3.8) is 0 Å². The van der Waals surface area contributed by atoms with E-state index in [0.29, 0.717) is 22.9 Å². The summed E-state index contributed by atoms with van der Waals surface area (Å²) in [6.45, 7) is 11.1. The van der Waals surface area contributed by atoms with Gasteiger partial charge >= 0.3 is 0 Å². The van der Waals surface area contributed by atoms with E-state index < -0.39 is 0 Å². The molecule has 2 heterocycles. The minimum atomic E-state index is -0.210. The lowest BCUT2D eigenvalue weighted by Gasteiger charge is -2.19. The third kappa shape index (κ3) is 2.77. The molecule has 6 heteroatoms. The van der Waals surface area contributed by atoms with Gasteiger partial charge in [0.2, 0.25) is 5.95 Å². The highest BCUT2D eigenvalue weighted by atomic mass is 16.1. The van der Waals surface area contributed by atoms with Crippen molar-refractivity contribution in [1.82, 2.24) is 19.7 Å². The number of fused-ring (bicyclic) bond motifs is 1. The summed E-state index contributed by atoms with van der Waals surface area (Å²) in [6.07, 6.45) is 1.57. The number of aromatic nitrogens is 4. The Labute approximate surface area is 112 Å². The summed E-state index contributed by atoms with van der Waals surface area (Å²) >= 11 is 0. The maximum Gasteiger partial charge on any atom is 0.263 e. The molecular weight excluding hydrogens is 242 g/mol. The Morgan fingerprint density at radius 1 is 1.42 bits per heavy atom. The lowest BCUT2D eigenvalue weighted by Crippen LogP contribution is -2.24. The maximum absolute atomic E-state index is 12.0. The van der Waals surface area contributed by atoms with Crippen LogP contribution in [0.4, 0.5) is 5.95 Å². The fraction of sp³-hybridized carbons (Fsp3) is 0.615. The van der Waals surface area contributed by atoms with E-state index in [0.717, 1.165) is 6.54 Å². The van der Waals surface area contributed by atoms with Gasteiger partial charge in [0.05, 0.1) is 11.7 Å². The molecule has 0 bridgehead atoms. The lowest BCUT2D eigenvalue weighted by molar-refractivity contribution is 0.366. The zero-order chi connectivity index (χ0) is 14.2. The van der Waals surface area contributed by atoms with Gasteiger partial charge in [0.15, 0.2) is 5.65 Å². The summed E-state index contributed by atoms with van der Waals surface area (Å²) in [5, 5.41) is 7.93. The predicted octanol–water partition coefficient (Wildman–Crippen LogP) is 1.94. The molecule has 0 amide bonds. The zero-order valence-corrected chi connectivity index (χ0v) is 12.1. The summed E-state index contributed by atoms with van der Waals surface area (Å²) in [5.41, 5.74) is 0.243. The van der Waals surface area contributed by atoms with Crippen LogP contribution >= 0.6 is 0 Å². The van der Waals surface area contributed by atoms with Crippen molar-refractivity contribution in [2.45, 2.75) is 40.2 Å². The van der Waals surface area contributed by atoms with Crippen molar-refractivity contribution in [3.05, 3.63) is 16.6 Å². The maximum atomic E-state index is 12.0. The van der Waals surface area contributed by atoms with Gasteiger partial charge in [-0.25, -0.2) is 4.68 Å². The monoisotopic (exact) mass is 263 g/mol. The summed E-state index contributed by atoms with van der Waals surface area (Å²) in [5.74, 6) is 0.978. The molecule has 0 aromatic carbocycles. The van der Waals surface area contributed by atoms with Gasteiger partial charge in [-0.2, -0.15) is 10.1 Å². The van der Waals surface area contributed by atoms with E-state index in [4.69, 9.17) is 0 Å². The van der Waals surface area contributed by atoms with Crippen molar-refractivity contribution < 1.29 is 0 Å². The second-order valence-electron chi connectivity index (χ2n) is 6.15. The normalized spacial score (nSPS) is 12.3. The van der Waals surface area contributed by atoms with Gasteiger partial charge in [0.1, 0.15) is 5.39 Å². The molecule has 0 saturated carbocycles. The standard InChI is InChI=1S/C13H21N5O/c1-8(2)6-14-12-16-10-9(11(19)17-12)7-15-18(10)13(3,4)5/h7-8H,6H2,1-5H3,(H2,14,16,17,19). The van der Waals surface area contributed by atoms with Crippen molar-refractivity contribution in [2.24, 2.45) is 5.92 Å². The van der Waals surface area contributed by atoms with E-state index in [1.165, 1.54) is 0 Å². The molecular formula is C13H21N5O. The first-order valence-corrected chi connectivity index (χ1v) is 6.51. The number of H-pyrrole nitrogens is 1. The van der Waals surface area contributed by atoms with Crippen LogP contribution < -0.4 is 10.9 Å². The fourth-order valence-corrected chi connectivity index (χ4v) is 1.79. The quantitative estimate of drug-likeness (QED) is 0.887. The van der Waals surface area contributed by atoms with Gasteiger partial charge < -0.3 is 5.32 Å².